The van der Waals surface area contributed by atoms with Gasteiger partial charge in [-0.15, -0.1) is 0 Å². The van der Waals surface area contributed by atoms with E-state index in [0.717, 1.165) is 17.7 Å². The van der Waals surface area contributed by atoms with Crippen LogP contribution in [0.4, 0.5) is 0 Å². The predicted molar refractivity (Wildman–Crippen MR) is 108 cm³/mol. The largest absolute Gasteiger partial charge is 0.273 e. The number of hydrogen-bond donors (Lipinski definition) is 0. The van der Waals surface area contributed by atoms with Gasteiger partial charge in [0.1, 0.15) is 6.04 Å². The zero-order chi connectivity index (χ0) is 17.7. The van der Waals surface area contributed by atoms with Crippen molar-refractivity contribution < 1.29 is 19.2 Å². The molecule has 9 heteroatoms. The molecule has 146 valence electrons. The number of rotatable bonds is 1. The van der Waals surface area contributed by atoms with E-state index in [1.807, 2.05) is 6.92 Å². The van der Waals surface area contributed by atoms with Crippen molar-refractivity contribution >= 4 is 50.6 Å². The molecule has 1 aromatic carbocycles. The Kier molecular flexibility index (Phi) is 6.26. The van der Waals surface area contributed by atoms with Gasteiger partial charge in [-0.25, -0.2) is 5.01 Å². The first-order valence-corrected chi connectivity index (χ1v) is 8.61. The van der Waals surface area contributed by atoms with Crippen molar-refractivity contribution in [1.82, 2.24) is 14.9 Å². The maximum absolute atomic E-state index is 13.2. The second kappa shape index (κ2) is 7.93. The molecule has 3 heterocycles. The number of amides is 4. The van der Waals surface area contributed by atoms with Crippen molar-refractivity contribution in [3.63, 3.8) is 0 Å². The molecule has 3 aliphatic heterocycles. The first-order chi connectivity index (χ1) is 12.0. The molecule has 0 aliphatic carbocycles. The van der Waals surface area contributed by atoms with Crippen molar-refractivity contribution in [3.05, 3.63) is 35.4 Å². The second-order valence-corrected chi connectivity index (χ2v) is 6.77. The number of carbonyl (C=O) groups excluding carboxylic acids is 4. The summed E-state index contributed by atoms with van der Waals surface area (Å²) in [4.78, 5) is 52.1. The fourth-order valence-electron chi connectivity index (χ4n) is 3.98. The lowest BCUT2D eigenvalue weighted by Crippen LogP contribution is -2.60. The minimum atomic E-state index is -0.929. The second-order valence-electron chi connectivity index (χ2n) is 6.77. The summed E-state index contributed by atoms with van der Waals surface area (Å²) in [5, 5.41) is 2.96. The number of benzene rings is 1. The highest BCUT2D eigenvalue weighted by Crippen LogP contribution is 2.31. The maximum Gasteiger partial charge on any atom is 0.264 e. The quantitative estimate of drug-likeness (QED) is 0.658. The third kappa shape index (κ3) is 3.23. The van der Waals surface area contributed by atoms with Crippen LogP contribution in [0.15, 0.2) is 24.3 Å². The van der Waals surface area contributed by atoms with Gasteiger partial charge >= 0.3 is 0 Å². The molecular weight excluding hydrogens is 386 g/mol. The molecule has 0 spiro atoms. The lowest BCUT2D eigenvalue weighted by molar-refractivity contribution is -0.172. The van der Waals surface area contributed by atoms with Gasteiger partial charge in [-0.1, -0.05) is 12.1 Å². The Balaban J connectivity index is 0.00000131. The molecule has 2 fully saturated rings. The van der Waals surface area contributed by atoms with Crippen molar-refractivity contribution in [2.24, 2.45) is 0 Å². The third-order valence-corrected chi connectivity index (χ3v) is 5.24. The molecule has 0 unspecified atom stereocenters. The summed E-state index contributed by atoms with van der Waals surface area (Å²) in [7, 11) is 0. The van der Waals surface area contributed by atoms with Gasteiger partial charge in [-0.2, -0.15) is 27.0 Å². The molecule has 2 saturated heterocycles. The Bertz CT molecular complexity index is 766. The van der Waals surface area contributed by atoms with E-state index in [1.54, 1.807) is 24.3 Å². The fraction of sp³-hybridized carbons (Fsp3) is 0.444. The zero-order valence-corrected chi connectivity index (χ0v) is 17.0. The van der Waals surface area contributed by atoms with Crippen molar-refractivity contribution in [3.8, 4) is 0 Å². The number of carbonyl (C=O) groups is 4. The molecule has 0 N–H and O–H groups in total. The molecule has 0 radical (unpaired) electrons. The maximum atomic E-state index is 13.2. The standard InChI is InChI=1S/C18H19N3O4.2H2S/c1-11-5-4-10-19-15(22)9-8-14(18(25)21(11)19)20-16(23)12-6-2-3-7-13(12)17(20)24;;/h2-3,6-7,11,14H,4-5,8-10H2,1H3;2*1H2/t11-,14+;;/m1../s1. The highest BCUT2D eigenvalue weighted by molar-refractivity contribution is 7.59. The van der Waals surface area contributed by atoms with Crippen LogP contribution in [0.5, 0.6) is 0 Å². The van der Waals surface area contributed by atoms with Crippen LogP contribution < -0.4 is 0 Å². The monoisotopic (exact) mass is 409 g/mol. The van der Waals surface area contributed by atoms with Crippen molar-refractivity contribution in [2.75, 3.05) is 6.54 Å². The summed E-state index contributed by atoms with van der Waals surface area (Å²) in [6.07, 6.45) is 1.95. The van der Waals surface area contributed by atoms with Crippen molar-refractivity contribution in [1.29, 1.82) is 0 Å². The fourth-order valence-corrected chi connectivity index (χ4v) is 3.98. The van der Waals surface area contributed by atoms with Crippen LogP contribution in [0, 0.1) is 0 Å². The topological polar surface area (TPSA) is 78.0 Å². The normalized spacial score (nSPS) is 24.7. The minimum Gasteiger partial charge on any atom is -0.273 e. The first kappa shape index (κ1) is 21.3. The zero-order valence-electron chi connectivity index (χ0n) is 15.0. The molecule has 4 rings (SSSR count). The molecule has 2 atom stereocenters. The van der Waals surface area contributed by atoms with E-state index >= 15 is 0 Å². The molecule has 3 aliphatic rings. The Morgan fingerprint density at radius 1 is 0.926 bits per heavy atom. The minimum absolute atomic E-state index is 0. The molecular formula is C18H23N3O4S2. The number of imide groups is 1. The van der Waals surface area contributed by atoms with Crippen LogP contribution >= 0.6 is 27.0 Å². The molecule has 0 aromatic heterocycles. The summed E-state index contributed by atoms with van der Waals surface area (Å²) >= 11 is 0. The summed E-state index contributed by atoms with van der Waals surface area (Å²) in [5.74, 6) is -1.37. The molecule has 0 saturated carbocycles. The van der Waals surface area contributed by atoms with E-state index in [4.69, 9.17) is 0 Å². The van der Waals surface area contributed by atoms with Gasteiger partial charge in [0.05, 0.1) is 17.2 Å². The van der Waals surface area contributed by atoms with Gasteiger partial charge in [0.25, 0.3) is 17.7 Å². The van der Waals surface area contributed by atoms with Gasteiger partial charge < -0.3 is 0 Å². The van der Waals surface area contributed by atoms with Crippen LogP contribution in [0.1, 0.15) is 53.3 Å². The average molecular weight is 410 g/mol. The van der Waals surface area contributed by atoms with E-state index in [9.17, 15) is 19.2 Å². The number of hydrazine groups is 1. The molecule has 1 aromatic rings. The van der Waals surface area contributed by atoms with E-state index in [-0.39, 0.29) is 57.7 Å². The first-order valence-electron chi connectivity index (χ1n) is 8.61. The molecule has 4 amide bonds. The third-order valence-electron chi connectivity index (χ3n) is 5.24. The highest BCUT2D eigenvalue weighted by Gasteiger charge is 2.48. The Labute approximate surface area is 171 Å². The smallest absolute Gasteiger partial charge is 0.264 e. The van der Waals surface area contributed by atoms with Gasteiger partial charge in [0, 0.05) is 13.0 Å². The van der Waals surface area contributed by atoms with E-state index in [2.05, 4.69) is 0 Å². The number of fused-ring (bicyclic) bond motifs is 2. The van der Waals surface area contributed by atoms with Gasteiger partial charge in [-0.05, 0) is 38.3 Å². The SMILES string of the molecule is C[C@@H]1CCCN2C(=O)CC[C@H](N3C(=O)c4ccccc4C3=O)C(=O)N12.S.S. The van der Waals surface area contributed by atoms with E-state index < -0.39 is 17.9 Å². The number of hydrogen-bond acceptors (Lipinski definition) is 4. The Morgan fingerprint density at radius 2 is 1.52 bits per heavy atom. The summed E-state index contributed by atoms with van der Waals surface area (Å²) < 4.78 is 0. The van der Waals surface area contributed by atoms with Crippen LogP contribution in [0.2, 0.25) is 0 Å². The van der Waals surface area contributed by atoms with Crippen LogP contribution in [0.25, 0.3) is 0 Å². The average Bonchev–Trinajstić information content (AvgIpc) is 2.78. The van der Waals surface area contributed by atoms with E-state index in [1.165, 1.54) is 10.0 Å². The summed E-state index contributed by atoms with van der Waals surface area (Å²) in [5.41, 5.74) is 0.638. The molecule has 0 bridgehead atoms. The van der Waals surface area contributed by atoms with Gasteiger partial charge in [0.2, 0.25) is 5.91 Å². The Morgan fingerprint density at radius 3 is 2.11 bits per heavy atom. The predicted octanol–water partition coefficient (Wildman–Crippen LogP) is 1.43. The highest BCUT2D eigenvalue weighted by atomic mass is 32.1. The van der Waals surface area contributed by atoms with Gasteiger partial charge in [-0.3, -0.25) is 29.1 Å². The summed E-state index contributed by atoms with van der Waals surface area (Å²) in [6.45, 7) is 2.39. The van der Waals surface area contributed by atoms with E-state index in [0.29, 0.717) is 17.7 Å². The Hall–Kier alpha value is -2.00. The van der Waals surface area contributed by atoms with Gasteiger partial charge in [0.15, 0.2) is 0 Å². The van der Waals surface area contributed by atoms with Crippen molar-refractivity contribution in [2.45, 2.75) is 44.7 Å². The lowest BCUT2D eigenvalue weighted by Gasteiger charge is -2.43. The van der Waals surface area contributed by atoms with Crippen LogP contribution in [-0.4, -0.2) is 57.2 Å². The van der Waals surface area contributed by atoms with Crippen LogP contribution in [-0.2, 0) is 9.59 Å². The molecule has 27 heavy (non-hydrogen) atoms. The molecule has 7 nitrogen and oxygen atoms in total. The number of nitrogens with zero attached hydrogens (tertiary/aromatic N) is 3. The lowest BCUT2D eigenvalue weighted by atomic mass is 10.1. The van der Waals surface area contributed by atoms with Crippen LogP contribution in [0.3, 0.4) is 0 Å². The summed E-state index contributed by atoms with van der Waals surface area (Å²) in [6, 6.07) is 5.53.